The fourth-order valence-corrected chi connectivity index (χ4v) is 1.94. The van der Waals surface area contributed by atoms with Gasteiger partial charge in [-0.15, -0.1) is 0 Å². The average Bonchev–Trinajstić information content (AvgIpc) is 2.21. The second kappa shape index (κ2) is 6.82. The van der Waals surface area contributed by atoms with E-state index in [-0.39, 0.29) is 5.92 Å². The maximum Gasteiger partial charge on any atom is 0.307 e. The number of rotatable bonds is 1. The number of hydrogen-bond donors (Lipinski definition) is 2. The van der Waals surface area contributed by atoms with Crippen LogP contribution < -0.4 is 5.32 Å². The van der Waals surface area contributed by atoms with Crippen molar-refractivity contribution in [1.29, 1.82) is 0 Å². The van der Waals surface area contributed by atoms with E-state index in [1.54, 1.807) is 0 Å². The molecule has 0 aromatic heterocycles. The molecule has 0 spiro atoms. The smallest absolute Gasteiger partial charge is 0.307 e. The zero-order valence-corrected chi connectivity index (χ0v) is 8.80. The summed E-state index contributed by atoms with van der Waals surface area (Å²) in [4.78, 5) is 10.9. The van der Waals surface area contributed by atoms with E-state index in [2.05, 4.69) is 5.32 Å². The normalized spacial score (nSPS) is 26.4. The quantitative estimate of drug-likeness (QED) is 0.679. The van der Waals surface area contributed by atoms with Crippen molar-refractivity contribution in [3.05, 3.63) is 0 Å². The van der Waals surface area contributed by atoms with E-state index in [9.17, 15) is 4.79 Å². The highest BCUT2D eigenvalue weighted by atomic mass is 16.4. The maximum atomic E-state index is 10.9. The van der Waals surface area contributed by atoms with Gasteiger partial charge in [0.15, 0.2) is 0 Å². The zero-order valence-electron chi connectivity index (χ0n) is 8.80. The number of nitrogens with one attached hydrogen (secondary N) is 1. The first-order valence-corrected chi connectivity index (χ1v) is 5.74. The Kier molecular flexibility index (Phi) is 5.60. The summed E-state index contributed by atoms with van der Waals surface area (Å²) in [6.07, 6.45) is 8.15. The van der Waals surface area contributed by atoms with Crippen molar-refractivity contribution in [3.8, 4) is 0 Å². The van der Waals surface area contributed by atoms with Gasteiger partial charge in [0, 0.05) is 6.54 Å². The molecule has 1 aliphatic rings. The predicted octanol–water partition coefficient (Wildman–Crippen LogP) is 2.02. The predicted molar refractivity (Wildman–Crippen MR) is 56.3 cm³/mol. The molecule has 1 fully saturated rings. The van der Waals surface area contributed by atoms with Gasteiger partial charge in [-0.2, -0.15) is 0 Å². The third-order valence-electron chi connectivity index (χ3n) is 2.90. The Hall–Kier alpha value is -0.570. The minimum absolute atomic E-state index is 0.173. The minimum Gasteiger partial charge on any atom is -0.481 e. The first kappa shape index (κ1) is 11.5. The number of aliphatic carboxylic acids is 1. The van der Waals surface area contributed by atoms with Crippen LogP contribution in [-0.2, 0) is 4.79 Å². The molecule has 3 nitrogen and oxygen atoms in total. The second-order valence-corrected chi connectivity index (χ2v) is 4.15. The van der Waals surface area contributed by atoms with Gasteiger partial charge in [0.05, 0.1) is 5.92 Å². The van der Waals surface area contributed by atoms with E-state index in [1.165, 1.54) is 32.1 Å². The summed E-state index contributed by atoms with van der Waals surface area (Å²) in [6.45, 7) is 1.62. The molecule has 0 aromatic rings. The molecule has 0 amide bonds. The molecule has 0 saturated carbocycles. The Bertz CT molecular complexity index is 159. The highest BCUT2D eigenvalue weighted by molar-refractivity contribution is 5.70. The summed E-state index contributed by atoms with van der Waals surface area (Å²) in [5, 5.41) is 12.2. The lowest BCUT2D eigenvalue weighted by Gasteiger charge is -2.11. The summed E-state index contributed by atoms with van der Waals surface area (Å²) in [5.74, 6) is -0.815. The molecular weight excluding hydrogens is 178 g/mol. The van der Waals surface area contributed by atoms with Gasteiger partial charge in [0.25, 0.3) is 0 Å². The van der Waals surface area contributed by atoms with Crippen molar-refractivity contribution in [2.45, 2.75) is 44.9 Å². The summed E-state index contributed by atoms with van der Waals surface area (Å²) < 4.78 is 0. The summed E-state index contributed by atoms with van der Waals surface area (Å²) in [7, 11) is 0. The molecule has 1 unspecified atom stereocenters. The molecule has 1 aliphatic heterocycles. The molecule has 1 heterocycles. The summed E-state index contributed by atoms with van der Waals surface area (Å²) in [5.41, 5.74) is 0. The van der Waals surface area contributed by atoms with Crippen molar-refractivity contribution in [1.82, 2.24) is 5.32 Å². The van der Waals surface area contributed by atoms with Crippen molar-refractivity contribution in [2.75, 3.05) is 13.1 Å². The third-order valence-corrected chi connectivity index (χ3v) is 2.90. The van der Waals surface area contributed by atoms with E-state index in [4.69, 9.17) is 5.11 Å². The zero-order chi connectivity index (χ0) is 10.2. The van der Waals surface area contributed by atoms with Gasteiger partial charge < -0.3 is 10.4 Å². The van der Waals surface area contributed by atoms with Crippen LogP contribution >= 0.6 is 0 Å². The molecule has 0 radical (unpaired) electrons. The monoisotopic (exact) mass is 199 g/mol. The van der Waals surface area contributed by atoms with Crippen molar-refractivity contribution < 1.29 is 9.90 Å². The summed E-state index contributed by atoms with van der Waals surface area (Å²) in [6, 6.07) is 0. The fraction of sp³-hybridized carbons (Fsp3) is 0.909. The topological polar surface area (TPSA) is 49.3 Å². The Morgan fingerprint density at radius 3 is 2.43 bits per heavy atom. The number of carboxylic acids is 1. The third kappa shape index (κ3) is 4.61. The van der Waals surface area contributed by atoms with Crippen LogP contribution in [0.4, 0.5) is 0 Å². The van der Waals surface area contributed by atoms with E-state index in [0.29, 0.717) is 6.54 Å². The van der Waals surface area contributed by atoms with Crippen LogP contribution in [-0.4, -0.2) is 24.2 Å². The Balaban J connectivity index is 2.31. The van der Waals surface area contributed by atoms with E-state index in [1.807, 2.05) is 0 Å². The molecular formula is C11H21NO2. The average molecular weight is 199 g/mol. The lowest BCUT2D eigenvalue weighted by molar-refractivity contribution is -0.141. The van der Waals surface area contributed by atoms with Crippen LogP contribution in [0.2, 0.25) is 0 Å². The first-order valence-electron chi connectivity index (χ1n) is 5.74. The molecule has 2 N–H and O–H groups in total. The van der Waals surface area contributed by atoms with Crippen LogP contribution in [0.5, 0.6) is 0 Å². The molecule has 82 valence electrons. The van der Waals surface area contributed by atoms with Gasteiger partial charge in [-0.3, -0.25) is 4.79 Å². The highest BCUT2D eigenvalue weighted by Crippen LogP contribution is 2.13. The fourth-order valence-electron chi connectivity index (χ4n) is 1.94. The van der Waals surface area contributed by atoms with Gasteiger partial charge >= 0.3 is 5.97 Å². The van der Waals surface area contributed by atoms with E-state index in [0.717, 1.165) is 19.4 Å². The molecule has 14 heavy (non-hydrogen) atoms. The molecule has 1 atom stereocenters. The van der Waals surface area contributed by atoms with Crippen molar-refractivity contribution in [2.24, 2.45) is 5.92 Å². The summed E-state index contributed by atoms with van der Waals surface area (Å²) >= 11 is 0. The molecule has 0 aliphatic carbocycles. The van der Waals surface area contributed by atoms with Crippen LogP contribution in [0.15, 0.2) is 0 Å². The van der Waals surface area contributed by atoms with E-state index >= 15 is 0 Å². The number of hydrogen-bond acceptors (Lipinski definition) is 2. The lowest BCUT2D eigenvalue weighted by atomic mass is 10.0. The standard InChI is InChI=1S/C11H21NO2/c13-11(14)10-7-5-3-1-2-4-6-8-12-9-10/h10,12H,1-9H2,(H,13,14). The van der Waals surface area contributed by atoms with Gasteiger partial charge in [-0.25, -0.2) is 0 Å². The second-order valence-electron chi connectivity index (χ2n) is 4.15. The molecule has 0 bridgehead atoms. The minimum atomic E-state index is -0.642. The van der Waals surface area contributed by atoms with Gasteiger partial charge in [0.1, 0.15) is 0 Å². The molecule has 3 heteroatoms. The lowest BCUT2D eigenvalue weighted by Crippen LogP contribution is -2.29. The van der Waals surface area contributed by atoms with Crippen molar-refractivity contribution >= 4 is 5.97 Å². The Labute approximate surface area is 85.9 Å². The molecule has 1 saturated heterocycles. The van der Waals surface area contributed by atoms with Gasteiger partial charge in [0.2, 0.25) is 0 Å². The molecule has 0 aromatic carbocycles. The van der Waals surface area contributed by atoms with Crippen LogP contribution in [0.3, 0.4) is 0 Å². The van der Waals surface area contributed by atoms with Gasteiger partial charge in [-0.1, -0.05) is 32.1 Å². The SMILES string of the molecule is O=C(O)C1CCCCCCCCNC1. The largest absolute Gasteiger partial charge is 0.481 e. The first-order chi connectivity index (χ1) is 6.80. The Morgan fingerprint density at radius 2 is 1.71 bits per heavy atom. The molecule has 1 rings (SSSR count). The number of carboxylic acid groups (broad SMARTS) is 1. The maximum absolute atomic E-state index is 10.9. The van der Waals surface area contributed by atoms with Gasteiger partial charge in [-0.05, 0) is 19.4 Å². The van der Waals surface area contributed by atoms with Crippen molar-refractivity contribution in [3.63, 3.8) is 0 Å². The van der Waals surface area contributed by atoms with E-state index < -0.39 is 5.97 Å². The Morgan fingerprint density at radius 1 is 1.07 bits per heavy atom. The van der Waals surface area contributed by atoms with Crippen LogP contribution in [0, 0.1) is 5.92 Å². The highest BCUT2D eigenvalue weighted by Gasteiger charge is 2.16. The number of carbonyl (C=O) groups is 1. The van der Waals surface area contributed by atoms with Crippen LogP contribution in [0.25, 0.3) is 0 Å². The van der Waals surface area contributed by atoms with Crippen LogP contribution in [0.1, 0.15) is 44.9 Å².